The Kier molecular flexibility index (Phi) is 2.80. The SMILES string of the molecule is CS(C)=[SH](=O)O. The highest BCUT2D eigenvalue weighted by Crippen LogP contribution is 1.65. The maximum atomic E-state index is 9.86. The summed E-state index contributed by atoms with van der Waals surface area (Å²) in [5.41, 5.74) is 0. The van der Waals surface area contributed by atoms with Crippen molar-refractivity contribution in [3.63, 3.8) is 0 Å². The summed E-state index contributed by atoms with van der Waals surface area (Å²) in [5, 5.41) is 0. The van der Waals surface area contributed by atoms with Gasteiger partial charge in [-0.2, -0.15) is 0 Å². The Hall–Kier alpha value is 0.460. The lowest BCUT2D eigenvalue weighted by Gasteiger charge is -1.80. The fraction of sp³-hybridized carbons (Fsp3) is 1.00. The van der Waals surface area contributed by atoms with Crippen LogP contribution in [0.3, 0.4) is 0 Å². The molecular weight excluding hydrogens is 120 g/mol. The third-order valence-corrected chi connectivity index (χ3v) is 2.81. The minimum Gasteiger partial charge on any atom is -0.311 e. The van der Waals surface area contributed by atoms with Gasteiger partial charge in [0.2, 0.25) is 0 Å². The molecule has 2 nitrogen and oxygen atoms in total. The zero-order chi connectivity index (χ0) is 5.15. The highest BCUT2D eigenvalue weighted by atomic mass is 32.9. The number of hydrogen-bond acceptors (Lipinski definition) is 1. The summed E-state index contributed by atoms with van der Waals surface area (Å²) in [6, 6.07) is 0. The van der Waals surface area contributed by atoms with Crippen LogP contribution in [0.25, 0.3) is 0 Å². The van der Waals surface area contributed by atoms with Crippen LogP contribution < -0.4 is 0 Å². The van der Waals surface area contributed by atoms with Crippen LogP contribution in [0.2, 0.25) is 0 Å². The van der Waals surface area contributed by atoms with E-state index < -0.39 is 9.64 Å². The molecule has 0 saturated carbocycles. The summed E-state index contributed by atoms with van der Waals surface area (Å²) in [5.74, 6) is 0. The van der Waals surface area contributed by atoms with Gasteiger partial charge >= 0.3 is 0 Å². The van der Waals surface area contributed by atoms with Crippen molar-refractivity contribution in [2.24, 2.45) is 0 Å². The van der Waals surface area contributed by atoms with Crippen LogP contribution in [-0.4, -0.2) is 21.3 Å². The molecule has 0 aromatic heterocycles. The average molecular weight is 128 g/mol. The highest BCUT2D eigenvalue weighted by Gasteiger charge is 1.68. The second kappa shape index (κ2) is 2.60. The van der Waals surface area contributed by atoms with Gasteiger partial charge in [0, 0.05) is 0 Å². The fourth-order valence-electron chi connectivity index (χ4n) is 0. The maximum absolute atomic E-state index is 9.86. The van der Waals surface area contributed by atoms with E-state index in [9.17, 15) is 4.21 Å². The molecule has 0 aromatic rings. The quantitative estimate of drug-likeness (QED) is 0.441. The molecule has 0 radical (unpaired) electrons. The molecule has 40 valence electrons. The topological polar surface area (TPSA) is 37.3 Å². The van der Waals surface area contributed by atoms with Gasteiger partial charge in [0.15, 0.2) is 0 Å². The molecule has 0 aliphatic carbocycles. The lowest BCUT2D eigenvalue weighted by molar-refractivity contribution is 0.583. The van der Waals surface area contributed by atoms with E-state index in [4.69, 9.17) is 4.55 Å². The molecule has 1 unspecified atom stereocenters. The van der Waals surface area contributed by atoms with Crippen molar-refractivity contribution in [2.45, 2.75) is 0 Å². The zero-order valence-corrected chi connectivity index (χ0v) is 5.42. The van der Waals surface area contributed by atoms with Crippen molar-refractivity contribution >= 4 is 19.1 Å². The molecule has 0 fully saturated rings. The van der Waals surface area contributed by atoms with Crippen molar-refractivity contribution in [1.29, 1.82) is 0 Å². The molecule has 0 saturated heterocycles. The predicted molar refractivity (Wildman–Crippen MR) is 31.4 cm³/mol. The molecule has 0 bridgehead atoms. The summed E-state index contributed by atoms with van der Waals surface area (Å²) in [7, 11) is -2.18. The number of rotatable bonds is 0. The molecule has 0 aliphatic rings. The van der Waals surface area contributed by atoms with Crippen LogP contribution in [0.1, 0.15) is 0 Å². The van der Waals surface area contributed by atoms with Gasteiger partial charge in [0.1, 0.15) is 0 Å². The lowest BCUT2D eigenvalue weighted by atomic mass is 11.9. The van der Waals surface area contributed by atoms with Gasteiger partial charge < -0.3 is 4.55 Å². The molecule has 0 aromatic carbocycles. The van der Waals surface area contributed by atoms with E-state index in [1.54, 1.807) is 12.5 Å². The average Bonchev–Trinajstić information content (AvgIpc) is 1.36. The van der Waals surface area contributed by atoms with Crippen molar-refractivity contribution in [2.75, 3.05) is 12.5 Å². The summed E-state index contributed by atoms with van der Waals surface area (Å²) >= 11 is 0. The van der Waals surface area contributed by atoms with Gasteiger partial charge in [-0.1, -0.05) is 0 Å². The first-order chi connectivity index (χ1) is 2.64. The molecular formula is C2H8O2S2. The van der Waals surface area contributed by atoms with Crippen LogP contribution >= 0.6 is 0 Å². The molecule has 0 aliphatic heterocycles. The first-order valence-electron chi connectivity index (χ1n) is 1.38. The highest BCUT2D eigenvalue weighted by molar-refractivity contribution is 8.36. The molecule has 0 spiro atoms. The maximum Gasteiger partial charge on any atom is 0.0915 e. The van der Waals surface area contributed by atoms with E-state index >= 15 is 0 Å². The summed E-state index contributed by atoms with van der Waals surface area (Å²) in [6.07, 6.45) is 3.47. The van der Waals surface area contributed by atoms with Crippen molar-refractivity contribution in [3.05, 3.63) is 0 Å². The zero-order valence-electron chi connectivity index (χ0n) is 3.71. The third kappa shape index (κ3) is 2.68. The molecule has 1 atom stereocenters. The minimum atomic E-state index is -1.88. The largest absolute Gasteiger partial charge is 0.311 e. The van der Waals surface area contributed by atoms with Crippen LogP contribution in [-0.2, 0) is 19.1 Å². The van der Waals surface area contributed by atoms with Crippen LogP contribution in [0.4, 0.5) is 0 Å². The van der Waals surface area contributed by atoms with Crippen molar-refractivity contribution in [1.82, 2.24) is 0 Å². The Bertz CT molecular complexity index is 107. The van der Waals surface area contributed by atoms with Crippen LogP contribution in [0.5, 0.6) is 0 Å². The van der Waals surface area contributed by atoms with Gasteiger partial charge in [-0.25, -0.2) is 4.21 Å². The third-order valence-electron chi connectivity index (χ3n) is 0.312. The van der Waals surface area contributed by atoms with Gasteiger partial charge in [-0.15, -0.1) is 9.45 Å². The first-order valence-corrected chi connectivity index (χ1v) is 5.24. The standard InChI is InChI=1S/C2H8O2S2/c1-5(2)6(3)4/h6H,1-2H3,(H,3,4). The normalized spacial score (nSPS) is 15.3. The van der Waals surface area contributed by atoms with E-state index in [2.05, 4.69) is 0 Å². The Morgan fingerprint density at radius 1 is 1.67 bits per heavy atom. The van der Waals surface area contributed by atoms with Gasteiger partial charge in [0.05, 0.1) is 9.64 Å². The minimum absolute atomic E-state index is 0.302. The summed E-state index contributed by atoms with van der Waals surface area (Å²) < 4.78 is 18.0. The number of thiol groups is 1. The monoisotopic (exact) mass is 128 g/mol. The van der Waals surface area contributed by atoms with Gasteiger partial charge in [-0.3, -0.25) is 0 Å². The van der Waals surface area contributed by atoms with Crippen molar-refractivity contribution < 1.29 is 8.76 Å². The van der Waals surface area contributed by atoms with Crippen LogP contribution in [0.15, 0.2) is 0 Å². The predicted octanol–water partition coefficient (Wildman–Crippen LogP) is -0.267. The van der Waals surface area contributed by atoms with Crippen molar-refractivity contribution in [3.8, 4) is 0 Å². The fourth-order valence-corrected chi connectivity index (χ4v) is 0. The lowest BCUT2D eigenvalue weighted by Crippen LogP contribution is -1.83. The molecule has 0 heterocycles. The molecule has 4 heteroatoms. The molecule has 0 rings (SSSR count). The first kappa shape index (κ1) is 6.46. The molecule has 6 heavy (non-hydrogen) atoms. The van der Waals surface area contributed by atoms with Gasteiger partial charge in [0.25, 0.3) is 0 Å². The van der Waals surface area contributed by atoms with E-state index in [-0.39, 0.29) is 9.45 Å². The molecule has 1 N–H and O–H groups in total. The number of hydrogen-bond donors (Lipinski definition) is 2. The summed E-state index contributed by atoms with van der Waals surface area (Å²) in [4.78, 5) is 0. The van der Waals surface area contributed by atoms with E-state index in [0.717, 1.165) is 0 Å². The van der Waals surface area contributed by atoms with E-state index in [0.29, 0.717) is 0 Å². The smallest absolute Gasteiger partial charge is 0.0915 e. The van der Waals surface area contributed by atoms with Crippen LogP contribution in [0, 0.1) is 0 Å². The Morgan fingerprint density at radius 3 is 1.83 bits per heavy atom. The Balaban J connectivity index is 4.08. The van der Waals surface area contributed by atoms with E-state index in [1.165, 1.54) is 0 Å². The van der Waals surface area contributed by atoms with Gasteiger partial charge in [-0.05, 0) is 12.5 Å². The molecule has 0 amide bonds. The second-order valence-electron chi connectivity index (χ2n) is 1.01. The Labute approximate surface area is 41.0 Å². The second-order valence-corrected chi connectivity index (χ2v) is 6.16. The Morgan fingerprint density at radius 2 is 1.83 bits per heavy atom. The van der Waals surface area contributed by atoms with E-state index in [1.807, 2.05) is 0 Å². The summed E-state index contributed by atoms with van der Waals surface area (Å²) in [6.45, 7) is 0.